The number of carboxylic acids is 1. The number of carbonyl (C=O) groups is 1. The van der Waals surface area contributed by atoms with Gasteiger partial charge in [-0.1, -0.05) is 0 Å². The first-order valence-electron chi connectivity index (χ1n) is 5.22. The molecule has 0 aliphatic carbocycles. The van der Waals surface area contributed by atoms with Gasteiger partial charge in [-0.15, -0.1) is 11.3 Å². The van der Waals surface area contributed by atoms with Crippen molar-refractivity contribution in [2.24, 2.45) is 0 Å². The van der Waals surface area contributed by atoms with Gasteiger partial charge in [0.05, 0.1) is 11.2 Å². The van der Waals surface area contributed by atoms with Crippen LogP contribution in [0.25, 0.3) is 0 Å². The molecule has 0 bridgehead atoms. The molecular formula is C10H15N3O2S. The number of aromatic nitrogens is 1. The van der Waals surface area contributed by atoms with Crippen molar-refractivity contribution in [2.45, 2.75) is 6.04 Å². The van der Waals surface area contributed by atoms with E-state index in [0.29, 0.717) is 5.69 Å². The molecule has 1 N–H and O–H groups in total. The lowest BCUT2D eigenvalue weighted by atomic mass is 10.1. The molecule has 2 heterocycles. The van der Waals surface area contributed by atoms with Crippen molar-refractivity contribution in [1.82, 2.24) is 14.8 Å². The Hall–Kier alpha value is -0.980. The minimum Gasteiger partial charge on any atom is -0.480 e. The predicted molar refractivity (Wildman–Crippen MR) is 61.6 cm³/mol. The number of carboxylic acid groups (broad SMARTS) is 1. The van der Waals surface area contributed by atoms with Gasteiger partial charge in [0.15, 0.2) is 6.04 Å². The molecule has 2 rings (SSSR count). The molecular weight excluding hydrogens is 226 g/mol. The van der Waals surface area contributed by atoms with Gasteiger partial charge >= 0.3 is 5.97 Å². The smallest absolute Gasteiger partial charge is 0.327 e. The van der Waals surface area contributed by atoms with E-state index in [9.17, 15) is 9.90 Å². The molecule has 0 saturated carbocycles. The topological polar surface area (TPSA) is 56.7 Å². The van der Waals surface area contributed by atoms with E-state index >= 15 is 0 Å². The average Bonchev–Trinajstić information content (AvgIpc) is 2.74. The second kappa shape index (κ2) is 4.90. The number of hydrogen-bond acceptors (Lipinski definition) is 5. The van der Waals surface area contributed by atoms with E-state index in [1.54, 1.807) is 5.51 Å². The number of rotatable bonds is 3. The van der Waals surface area contributed by atoms with Gasteiger partial charge in [-0.3, -0.25) is 9.69 Å². The Morgan fingerprint density at radius 3 is 2.69 bits per heavy atom. The van der Waals surface area contributed by atoms with Gasteiger partial charge in [0.2, 0.25) is 0 Å². The SMILES string of the molecule is CN1CCN(C(C(=O)O)c2cscn2)CC1. The zero-order valence-corrected chi connectivity index (χ0v) is 9.98. The molecule has 1 aromatic rings. The molecule has 5 nitrogen and oxygen atoms in total. The highest BCUT2D eigenvalue weighted by Gasteiger charge is 2.30. The highest BCUT2D eigenvalue weighted by Crippen LogP contribution is 2.22. The fraction of sp³-hybridized carbons (Fsp3) is 0.600. The zero-order valence-electron chi connectivity index (χ0n) is 9.17. The largest absolute Gasteiger partial charge is 0.480 e. The van der Waals surface area contributed by atoms with Crippen molar-refractivity contribution >= 4 is 17.3 Å². The van der Waals surface area contributed by atoms with Crippen molar-refractivity contribution in [3.8, 4) is 0 Å². The number of nitrogens with zero attached hydrogens (tertiary/aromatic N) is 3. The van der Waals surface area contributed by atoms with Crippen LogP contribution in [0.4, 0.5) is 0 Å². The number of piperazine rings is 1. The predicted octanol–water partition coefficient (Wildman–Crippen LogP) is 0.516. The van der Waals surface area contributed by atoms with Gasteiger partial charge in [-0.05, 0) is 7.05 Å². The molecule has 1 aliphatic rings. The first kappa shape index (κ1) is 11.5. The van der Waals surface area contributed by atoms with E-state index in [0.717, 1.165) is 26.2 Å². The van der Waals surface area contributed by atoms with Crippen molar-refractivity contribution in [1.29, 1.82) is 0 Å². The van der Waals surface area contributed by atoms with Crippen LogP contribution in [0.2, 0.25) is 0 Å². The van der Waals surface area contributed by atoms with Crippen LogP contribution < -0.4 is 0 Å². The molecule has 0 aromatic carbocycles. The van der Waals surface area contributed by atoms with Crippen LogP contribution in [0.1, 0.15) is 11.7 Å². The maximum absolute atomic E-state index is 11.3. The molecule has 0 amide bonds. The Balaban J connectivity index is 2.11. The highest BCUT2D eigenvalue weighted by atomic mass is 32.1. The van der Waals surface area contributed by atoms with E-state index in [4.69, 9.17) is 0 Å². The quantitative estimate of drug-likeness (QED) is 0.836. The number of thiazole rings is 1. The van der Waals surface area contributed by atoms with Gasteiger partial charge in [-0.25, -0.2) is 4.98 Å². The van der Waals surface area contributed by atoms with Crippen LogP contribution >= 0.6 is 11.3 Å². The lowest BCUT2D eigenvalue weighted by Crippen LogP contribution is -2.47. The summed E-state index contributed by atoms with van der Waals surface area (Å²) in [6.45, 7) is 3.39. The molecule has 1 atom stereocenters. The van der Waals surface area contributed by atoms with Gasteiger partial charge < -0.3 is 10.0 Å². The van der Waals surface area contributed by atoms with Gasteiger partial charge in [0, 0.05) is 31.6 Å². The molecule has 16 heavy (non-hydrogen) atoms. The summed E-state index contributed by atoms with van der Waals surface area (Å²) in [5.41, 5.74) is 2.34. The van der Waals surface area contributed by atoms with Crippen molar-refractivity contribution in [3.63, 3.8) is 0 Å². The van der Waals surface area contributed by atoms with E-state index in [1.807, 2.05) is 10.3 Å². The summed E-state index contributed by atoms with van der Waals surface area (Å²) < 4.78 is 0. The summed E-state index contributed by atoms with van der Waals surface area (Å²) in [4.78, 5) is 19.6. The van der Waals surface area contributed by atoms with Crippen LogP contribution in [0.15, 0.2) is 10.9 Å². The summed E-state index contributed by atoms with van der Waals surface area (Å²) in [5.74, 6) is -0.810. The summed E-state index contributed by atoms with van der Waals surface area (Å²) in [7, 11) is 2.05. The van der Waals surface area contributed by atoms with Crippen LogP contribution in [0.5, 0.6) is 0 Å². The first-order chi connectivity index (χ1) is 7.68. The lowest BCUT2D eigenvalue weighted by Gasteiger charge is -2.35. The lowest BCUT2D eigenvalue weighted by molar-refractivity contribution is -0.144. The van der Waals surface area contributed by atoms with Gasteiger partial charge in [0.1, 0.15) is 0 Å². The average molecular weight is 241 g/mol. The van der Waals surface area contributed by atoms with Gasteiger partial charge in [-0.2, -0.15) is 0 Å². The summed E-state index contributed by atoms with van der Waals surface area (Å²) >= 11 is 1.44. The Labute approximate surface area is 98.3 Å². The van der Waals surface area contributed by atoms with Crippen LogP contribution in [-0.4, -0.2) is 59.1 Å². The molecule has 1 aliphatic heterocycles. The van der Waals surface area contributed by atoms with E-state index in [1.165, 1.54) is 11.3 Å². The first-order valence-corrected chi connectivity index (χ1v) is 6.16. The molecule has 1 aromatic heterocycles. The Morgan fingerprint density at radius 2 is 2.19 bits per heavy atom. The maximum atomic E-state index is 11.3. The second-order valence-corrected chi connectivity index (χ2v) is 4.71. The zero-order chi connectivity index (χ0) is 11.5. The molecule has 1 fully saturated rings. The normalized spacial score (nSPS) is 20.8. The highest BCUT2D eigenvalue weighted by molar-refractivity contribution is 7.07. The molecule has 6 heteroatoms. The Kier molecular flexibility index (Phi) is 3.52. The maximum Gasteiger partial charge on any atom is 0.327 e. The second-order valence-electron chi connectivity index (χ2n) is 3.99. The third-order valence-electron chi connectivity index (χ3n) is 2.87. The standard InChI is InChI=1S/C10H15N3O2S/c1-12-2-4-13(5-3-12)9(10(14)15)8-6-16-7-11-8/h6-7,9H,2-5H2,1H3,(H,14,15). The van der Waals surface area contributed by atoms with Crippen molar-refractivity contribution < 1.29 is 9.90 Å². The molecule has 0 radical (unpaired) electrons. The van der Waals surface area contributed by atoms with Crippen LogP contribution in [0, 0.1) is 0 Å². The summed E-state index contributed by atoms with van der Waals surface area (Å²) in [6.07, 6.45) is 0. The monoisotopic (exact) mass is 241 g/mol. The third-order valence-corrected chi connectivity index (χ3v) is 3.47. The fourth-order valence-electron chi connectivity index (χ4n) is 1.91. The molecule has 0 spiro atoms. The van der Waals surface area contributed by atoms with Crippen molar-refractivity contribution in [3.05, 3.63) is 16.6 Å². The number of hydrogen-bond donors (Lipinski definition) is 1. The number of likely N-dealkylation sites (N-methyl/N-ethyl adjacent to an activating group) is 1. The van der Waals surface area contributed by atoms with Gasteiger partial charge in [0.25, 0.3) is 0 Å². The van der Waals surface area contributed by atoms with E-state index < -0.39 is 12.0 Å². The minimum absolute atomic E-state index is 0.583. The molecule has 1 saturated heterocycles. The number of aliphatic carboxylic acids is 1. The van der Waals surface area contributed by atoms with Crippen LogP contribution in [0.3, 0.4) is 0 Å². The molecule has 1 unspecified atom stereocenters. The fourth-order valence-corrected chi connectivity index (χ4v) is 2.48. The summed E-state index contributed by atoms with van der Waals surface area (Å²) in [6, 6.07) is -0.583. The van der Waals surface area contributed by atoms with E-state index in [-0.39, 0.29) is 0 Å². The molecule has 88 valence electrons. The minimum atomic E-state index is -0.810. The van der Waals surface area contributed by atoms with Crippen molar-refractivity contribution in [2.75, 3.05) is 33.2 Å². The Morgan fingerprint density at radius 1 is 1.50 bits per heavy atom. The Bertz CT molecular complexity index is 347. The summed E-state index contributed by atoms with van der Waals surface area (Å²) in [5, 5.41) is 11.1. The van der Waals surface area contributed by atoms with Crippen LogP contribution in [-0.2, 0) is 4.79 Å². The van der Waals surface area contributed by atoms with E-state index in [2.05, 4.69) is 16.9 Å². The third kappa shape index (κ3) is 2.40.